The number of rotatable bonds is 2. The average Bonchev–Trinajstić information content (AvgIpc) is 3.22. The lowest BCUT2D eigenvalue weighted by atomic mass is 9.53. The van der Waals surface area contributed by atoms with Crippen LogP contribution < -0.4 is 4.90 Å². The first-order chi connectivity index (χ1) is 14.4. The molecule has 2 aliphatic heterocycles. The van der Waals surface area contributed by atoms with Crippen molar-refractivity contribution >= 4 is 35.4 Å². The van der Waals surface area contributed by atoms with Crippen LogP contribution in [0.2, 0.25) is 5.02 Å². The van der Waals surface area contributed by atoms with Gasteiger partial charge in [-0.3, -0.25) is 9.79 Å². The summed E-state index contributed by atoms with van der Waals surface area (Å²) >= 11 is 6.57. The summed E-state index contributed by atoms with van der Waals surface area (Å²) in [5, 5.41) is 20.5. The van der Waals surface area contributed by atoms with Gasteiger partial charge in [0.25, 0.3) is 0 Å². The molecule has 2 atom stereocenters. The normalized spacial score (nSPS) is 25.6. The maximum atomic E-state index is 14.0. The van der Waals surface area contributed by atoms with Crippen LogP contribution in [0.1, 0.15) is 11.1 Å². The van der Waals surface area contributed by atoms with Crippen molar-refractivity contribution in [3.63, 3.8) is 0 Å². The maximum Gasteiger partial charge on any atom is 0.340 e. The van der Waals surface area contributed by atoms with Gasteiger partial charge in [0.2, 0.25) is 11.4 Å². The lowest BCUT2D eigenvalue weighted by molar-refractivity contribution is -0.154. The molecule has 2 aromatic carbocycles. The van der Waals surface area contributed by atoms with Crippen LogP contribution >= 0.6 is 11.6 Å². The molecule has 0 N–H and O–H groups in total. The van der Waals surface area contributed by atoms with Crippen molar-refractivity contribution in [2.45, 2.75) is 11.0 Å². The van der Waals surface area contributed by atoms with E-state index in [9.17, 15) is 20.1 Å². The molecule has 0 aliphatic carbocycles. The third kappa shape index (κ3) is 1.91. The van der Waals surface area contributed by atoms with E-state index in [1.165, 1.54) is 19.1 Å². The van der Waals surface area contributed by atoms with E-state index >= 15 is 0 Å². The van der Waals surface area contributed by atoms with Crippen LogP contribution in [0.3, 0.4) is 0 Å². The summed E-state index contributed by atoms with van der Waals surface area (Å²) in [5.41, 5.74) is -5.27. The fourth-order valence-electron chi connectivity index (χ4n) is 4.70. The molecule has 8 heteroatoms. The minimum absolute atomic E-state index is 0.148. The van der Waals surface area contributed by atoms with Crippen molar-refractivity contribution in [2.24, 2.45) is 10.4 Å². The lowest BCUT2D eigenvalue weighted by Crippen LogP contribution is -2.63. The van der Waals surface area contributed by atoms with Crippen molar-refractivity contribution in [2.75, 3.05) is 19.1 Å². The number of anilines is 1. The highest BCUT2D eigenvalue weighted by molar-refractivity contribution is 6.34. The van der Waals surface area contributed by atoms with Gasteiger partial charge in [0.1, 0.15) is 0 Å². The smallest absolute Gasteiger partial charge is 0.340 e. The highest BCUT2D eigenvalue weighted by Crippen LogP contribution is 2.65. The number of carbonyl (C=O) groups excluding carboxylic acids is 2. The number of likely N-dealkylation sites (N-methyl/N-ethyl adjacent to an activating group) is 1. The molecule has 0 fully saturated rings. The number of carbonyl (C=O) groups is 2. The van der Waals surface area contributed by atoms with E-state index in [1.54, 1.807) is 48.5 Å². The van der Waals surface area contributed by atoms with Gasteiger partial charge in [-0.1, -0.05) is 48.0 Å². The second-order valence-electron chi connectivity index (χ2n) is 7.11. The number of halogens is 1. The largest absolute Gasteiger partial charge is 0.467 e. The molecule has 30 heavy (non-hydrogen) atoms. The number of hydrogen-bond acceptors (Lipinski definition) is 6. The lowest BCUT2D eigenvalue weighted by Gasteiger charge is -2.42. The molecule has 2 aromatic rings. The van der Waals surface area contributed by atoms with E-state index in [2.05, 4.69) is 4.99 Å². The van der Waals surface area contributed by atoms with Crippen LogP contribution in [0.25, 0.3) is 0 Å². The molecule has 2 heterocycles. The summed E-state index contributed by atoms with van der Waals surface area (Å²) in [7, 11) is 2.68. The number of fused-ring (bicyclic) bond motifs is 2. The highest BCUT2D eigenvalue weighted by atomic mass is 35.5. The number of hydrogen-bond donors (Lipinski definition) is 0. The number of esters is 1. The van der Waals surface area contributed by atoms with Crippen LogP contribution in [0, 0.1) is 28.1 Å². The number of benzene rings is 2. The Labute approximate surface area is 177 Å². The predicted octanol–water partition coefficient (Wildman–Crippen LogP) is 2.74. The molecular weight excluding hydrogens is 404 g/mol. The van der Waals surface area contributed by atoms with Crippen LogP contribution in [0.15, 0.2) is 53.5 Å². The van der Waals surface area contributed by atoms with Crippen LogP contribution in [0.4, 0.5) is 5.69 Å². The van der Waals surface area contributed by atoms with Crippen LogP contribution in [-0.2, 0) is 25.3 Å². The topological polar surface area (TPSA) is 107 Å². The Balaban J connectivity index is 2.28. The molecule has 1 spiro atoms. The Hall–Kier alpha value is -3.68. The first kappa shape index (κ1) is 19.6. The van der Waals surface area contributed by atoms with E-state index < -0.39 is 28.2 Å². The monoisotopic (exact) mass is 418 g/mol. The second-order valence-corrected chi connectivity index (χ2v) is 7.51. The predicted molar refractivity (Wildman–Crippen MR) is 109 cm³/mol. The van der Waals surface area contributed by atoms with E-state index in [0.717, 1.165) is 6.21 Å². The minimum Gasteiger partial charge on any atom is -0.467 e. The van der Waals surface area contributed by atoms with Gasteiger partial charge in [0, 0.05) is 29.5 Å². The number of methoxy groups -OCH3 is 1. The van der Waals surface area contributed by atoms with E-state index in [1.807, 2.05) is 12.1 Å². The standard InChI is InChI=1S/C22H15ClN4O3/c1-27-16-10-6-9-15(23)17(16)21(18(27)28)20(11-24,12-25)13-26-22(21,19(29)30-2)14-7-4-3-5-8-14/h3-10,13H,1-2H3/t21-,22+/m0/s1. The molecule has 4 rings (SSSR count). The summed E-state index contributed by atoms with van der Waals surface area (Å²) in [6.07, 6.45) is 1.08. The SMILES string of the molecule is COC(=O)[C@@]1(c2ccccc2)N=CC(C#N)(C#N)[C@]12C(=O)N(C)c1cccc(Cl)c12. The zero-order chi connectivity index (χ0) is 21.7. The van der Waals surface area contributed by atoms with E-state index in [0.29, 0.717) is 11.3 Å². The molecule has 0 unspecified atom stereocenters. The molecule has 148 valence electrons. The van der Waals surface area contributed by atoms with E-state index in [4.69, 9.17) is 16.3 Å². The molecule has 0 radical (unpaired) electrons. The Bertz CT molecular complexity index is 1180. The van der Waals surface area contributed by atoms with E-state index in [-0.39, 0.29) is 10.6 Å². The number of ether oxygens (including phenoxy) is 1. The van der Waals surface area contributed by atoms with Gasteiger partial charge in [0.15, 0.2) is 10.8 Å². The van der Waals surface area contributed by atoms with Crippen molar-refractivity contribution < 1.29 is 14.3 Å². The molecule has 0 aromatic heterocycles. The fraction of sp³-hybridized carbons (Fsp3) is 0.227. The van der Waals surface area contributed by atoms with Gasteiger partial charge in [-0.05, 0) is 17.7 Å². The van der Waals surface area contributed by atoms with Crippen molar-refractivity contribution in [3.8, 4) is 12.1 Å². The number of aliphatic imine (C=N–C) groups is 1. The Morgan fingerprint density at radius 2 is 1.80 bits per heavy atom. The van der Waals surface area contributed by atoms with Crippen molar-refractivity contribution in [1.29, 1.82) is 10.5 Å². The fourth-order valence-corrected chi connectivity index (χ4v) is 5.01. The maximum absolute atomic E-state index is 14.0. The Morgan fingerprint density at radius 1 is 1.13 bits per heavy atom. The number of nitrogens with zero attached hydrogens (tertiary/aromatic N) is 4. The van der Waals surface area contributed by atoms with Gasteiger partial charge in [-0.2, -0.15) is 10.5 Å². The summed E-state index contributed by atoms with van der Waals surface area (Å²) in [4.78, 5) is 33.1. The minimum atomic E-state index is -2.10. The van der Waals surface area contributed by atoms with Crippen LogP contribution in [0.5, 0.6) is 0 Å². The quantitative estimate of drug-likeness (QED) is 0.697. The molecule has 1 amide bonds. The molecule has 0 saturated carbocycles. The van der Waals surface area contributed by atoms with Gasteiger partial charge in [-0.15, -0.1) is 0 Å². The summed E-state index contributed by atoms with van der Waals surface area (Å²) in [6, 6.07) is 17.1. The number of nitriles is 2. The van der Waals surface area contributed by atoms with Gasteiger partial charge in [-0.25, -0.2) is 4.79 Å². The zero-order valence-electron chi connectivity index (χ0n) is 16.1. The van der Waals surface area contributed by atoms with Crippen molar-refractivity contribution in [1.82, 2.24) is 0 Å². The second kappa shape index (κ2) is 6.41. The molecular formula is C22H15ClN4O3. The summed E-state index contributed by atoms with van der Waals surface area (Å²) in [6.45, 7) is 0. The van der Waals surface area contributed by atoms with Crippen LogP contribution in [-0.4, -0.2) is 32.2 Å². The van der Waals surface area contributed by atoms with Gasteiger partial charge >= 0.3 is 5.97 Å². The molecule has 7 nitrogen and oxygen atoms in total. The average molecular weight is 419 g/mol. The molecule has 0 bridgehead atoms. The summed E-state index contributed by atoms with van der Waals surface area (Å²) < 4.78 is 5.11. The third-order valence-electron chi connectivity index (χ3n) is 5.96. The van der Waals surface area contributed by atoms with Crippen molar-refractivity contribution in [3.05, 3.63) is 64.7 Å². The first-order valence-electron chi connectivity index (χ1n) is 8.98. The third-order valence-corrected chi connectivity index (χ3v) is 6.28. The summed E-state index contributed by atoms with van der Waals surface area (Å²) in [5.74, 6) is -1.51. The van der Waals surface area contributed by atoms with Gasteiger partial charge < -0.3 is 9.64 Å². The first-order valence-corrected chi connectivity index (χ1v) is 9.35. The Morgan fingerprint density at radius 3 is 2.40 bits per heavy atom. The zero-order valence-corrected chi connectivity index (χ0v) is 16.8. The molecule has 2 aliphatic rings. The Kier molecular flexibility index (Phi) is 4.20. The van der Waals surface area contributed by atoms with Gasteiger partial charge in [0.05, 0.1) is 19.2 Å². The highest BCUT2D eigenvalue weighted by Gasteiger charge is 2.80. The number of amides is 1. The molecule has 0 saturated heterocycles.